The van der Waals surface area contributed by atoms with E-state index < -0.39 is 10.8 Å². The van der Waals surface area contributed by atoms with Gasteiger partial charge in [-0.3, -0.25) is 0 Å². The van der Waals surface area contributed by atoms with Crippen molar-refractivity contribution in [1.82, 2.24) is 0 Å². The third-order valence-electron chi connectivity index (χ3n) is 1.55. The second kappa shape index (κ2) is 3.54. The van der Waals surface area contributed by atoms with Gasteiger partial charge in [0.15, 0.2) is 0 Å². The van der Waals surface area contributed by atoms with Crippen LogP contribution >= 0.6 is 0 Å². The molecule has 0 saturated heterocycles. The maximum Gasteiger partial charge on any atom is 0.0764 e. The van der Waals surface area contributed by atoms with Gasteiger partial charge >= 0.3 is 0 Å². The van der Waals surface area contributed by atoms with Crippen molar-refractivity contribution >= 4 is 10.8 Å². The van der Waals surface area contributed by atoms with E-state index in [9.17, 15) is 4.21 Å². The lowest BCUT2D eigenvalue weighted by atomic mass is 10.3. The Bertz CT molecular complexity index is 278. The van der Waals surface area contributed by atoms with Crippen LogP contribution in [0.25, 0.3) is 0 Å². The van der Waals surface area contributed by atoms with Crippen molar-refractivity contribution in [3.63, 3.8) is 0 Å². The highest BCUT2D eigenvalue weighted by atomic mass is 32.2. The fourth-order valence-corrected chi connectivity index (χ4v) is 2.00. The summed E-state index contributed by atoms with van der Waals surface area (Å²) in [6.45, 7) is 1.87. The summed E-state index contributed by atoms with van der Waals surface area (Å²) in [6.07, 6.45) is 10.3. The lowest BCUT2D eigenvalue weighted by Gasteiger charge is -1.97. The van der Waals surface area contributed by atoms with E-state index in [0.29, 0.717) is 6.42 Å². The molecule has 0 fully saturated rings. The molecule has 0 saturated carbocycles. The maximum atomic E-state index is 11.3. The summed E-state index contributed by atoms with van der Waals surface area (Å²) in [4.78, 5) is 1.89. The van der Waals surface area contributed by atoms with Crippen LogP contribution in [0.5, 0.6) is 0 Å². The van der Waals surface area contributed by atoms with Crippen LogP contribution in [0.2, 0.25) is 0 Å². The van der Waals surface area contributed by atoms with Crippen LogP contribution < -0.4 is 0 Å². The van der Waals surface area contributed by atoms with Crippen LogP contribution in [-0.2, 0) is 10.8 Å². The minimum Gasteiger partial charge on any atom is -0.250 e. The van der Waals surface area contributed by atoms with Crippen LogP contribution in [0.3, 0.4) is 0 Å². The van der Waals surface area contributed by atoms with Gasteiger partial charge in [0, 0.05) is 16.2 Å². The molecule has 1 aliphatic heterocycles. The van der Waals surface area contributed by atoms with Crippen LogP contribution in [-0.4, -0.2) is 4.21 Å². The average molecular weight is 166 g/mol. The second-order valence-electron chi connectivity index (χ2n) is 2.38. The molecule has 0 aliphatic carbocycles. The molecule has 0 aromatic heterocycles. The summed E-state index contributed by atoms with van der Waals surface area (Å²) in [5.74, 6) is 2.53. The van der Waals surface area contributed by atoms with Crippen molar-refractivity contribution in [3.05, 3.63) is 22.0 Å². The van der Waals surface area contributed by atoms with Gasteiger partial charge in [0.05, 0.1) is 10.8 Å². The Morgan fingerprint density at radius 3 is 2.82 bits per heavy atom. The zero-order chi connectivity index (χ0) is 8.27. The first-order chi connectivity index (χ1) is 5.25. The van der Waals surface area contributed by atoms with E-state index in [4.69, 9.17) is 6.42 Å². The highest BCUT2D eigenvalue weighted by Gasteiger charge is 2.12. The standard InChI is InChI=1S/C9H10OS/c1-3-4-5-9-7-6-8(2)11(9)10/h1,6-7H,4-5H2,2H3. The van der Waals surface area contributed by atoms with E-state index >= 15 is 0 Å². The zero-order valence-electron chi connectivity index (χ0n) is 6.46. The van der Waals surface area contributed by atoms with Gasteiger partial charge in [0.2, 0.25) is 0 Å². The van der Waals surface area contributed by atoms with E-state index in [-0.39, 0.29) is 0 Å². The molecule has 1 heterocycles. The third-order valence-corrected chi connectivity index (χ3v) is 3.09. The van der Waals surface area contributed by atoms with Gasteiger partial charge < -0.3 is 0 Å². The average Bonchev–Trinajstić information content (AvgIpc) is 2.31. The van der Waals surface area contributed by atoms with Gasteiger partial charge in [-0.1, -0.05) is 0 Å². The minimum absolute atomic E-state index is 0.679. The van der Waals surface area contributed by atoms with Gasteiger partial charge in [-0.05, 0) is 25.5 Å². The van der Waals surface area contributed by atoms with E-state index in [1.807, 2.05) is 19.1 Å². The third kappa shape index (κ3) is 1.81. The lowest BCUT2D eigenvalue weighted by Crippen LogP contribution is -1.90. The summed E-state index contributed by atoms with van der Waals surface area (Å²) >= 11 is 0. The molecule has 0 radical (unpaired) electrons. The van der Waals surface area contributed by atoms with Crippen LogP contribution in [0.15, 0.2) is 22.0 Å². The van der Waals surface area contributed by atoms with Crippen LogP contribution in [0.4, 0.5) is 0 Å². The first-order valence-corrected chi connectivity index (χ1v) is 4.63. The molecule has 0 bridgehead atoms. The molecule has 1 atom stereocenters. The van der Waals surface area contributed by atoms with Crippen molar-refractivity contribution in [2.24, 2.45) is 0 Å². The van der Waals surface area contributed by atoms with Crippen LogP contribution in [0, 0.1) is 12.3 Å². The molecule has 0 aromatic carbocycles. The Kier molecular flexibility index (Phi) is 2.67. The molecule has 0 spiro atoms. The van der Waals surface area contributed by atoms with E-state index in [1.165, 1.54) is 0 Å². The SMILES string of the molecule is C#CCCC1=CC=C(C)S1=O. The van der Waals surface area contributed by atoms with Crippen molar-refractivity contribution < 1.29 is 4.21 Å². The van der Waals surface area contributed by atoms with Gasteiger partial charge in [-0.15, -0.1) is 12.3 Å². The molecular weight excluding hydrogens is 156 g/mol. The zero-order valence-corrected chi connectivity index (χ0v) is 7.28. The first kappa shape index (κ1) is 8.29. The smallest absolute Gasteiger partial charge is 0.0764 e. The Hall–Kier alpha value is -0.810. The molecule has 11 heavy (non-hydrogen) atoms. The summed E-state index contributed by atoms with van der Waals surface area (Å²) in [6, 6.07) is 0. The summed E-state index contributed by atoms with van der Waals surface area (Å²) < 4.78 is 11.3. The van der Waals surface area contributed by atoms with Crippen LogP contribution in [0.1, 0.15) is 19.8 Å². The van der Waals surface area contributed by atoms with Crippen molar-refractivity contribution in [1.29, 1.82) is 0 Å². The topological polar surface area (TPSA) is 17.1 Å². The highest BCUT2D eigenvalue weighted by molar-refractivity contribution is 7.93. The monoisotopic (exact) mass is 166 g/mol. The summed E-state index contributed by atoms with van der Waals surface area (Å²) in [5.41, 5.74) is 0. The molecule has 1 unspecified atom stereocenters. The molecule has 0 amide bonds. The number of rotatable bonds is 2. The quantitative estimate of drug-likeness (QED) is 0.573. The number of allylic oxidation sites excluding steroid dienone is 4. The molecule has 2 heteroatoms. The Morgan fingerprint density at radius 1 is 1.64 bits per heavy atom. The van der Waals surface area contributed by atoms with Gasteiger partial charge in [0.25, 0.3) is 0 Å². The van der Waals surface area contributed by atoms with Crippen molar-refractivity contribution in [3.8, 4) is 12.3 Å². The highest BCUT2D eigenvalue weighted by Crippen LogP contribution is 2.22. The fraction of sp³-hybridized carbons (Fsp3) is 0.333. The van der Waals surface area contributed by atoms with Crippen molar-refractivity contribution in [2.45, 2.75) is 19.8 Å². The Morgan fingerprint density at radius 2 is 2.36 bits per heavy atom. The molecule has 0 N–H and O–H groups in total. The Balaban J connectivity index is 2.55. The van der Waals surface area contributed by atoms with Crippen molar-refractivity contribution in [2.75, 3.05) is 0 Å². The first-order valence-electron chi connectivity index (χ1n) is 3.48. The van der Waals surface area contributed by atoms with Gasteiger partial charge in [0.1, 0.15) is 0 Å². The lowest BCUT2D eigenvalue weighted by molar-refractivity contribution is 0.689. The normalized spacial score (nSPS) is 22.4. The maximum absolute atomic E-state index is 11.3. The molecular formula is C9H10OS. The summed E-state index contributed by atoms with van der Waals surface area (Å²) in [5, 5.41) is 0. The molecule has 0 aromatic rings. The largest absolute Gasteiger partial charge is 0.250 e. The van der Waals surface area contributed by atoms with Gasteiger partial charge in [-0.25, -0.2) is 4.21 Å². The molecule has 58 valence electrons. The fourth-order valence-electron chi connectivity index (χ4n) is 0.912. The van der Waals surface area contributed by atoms with E-state index in [2.05, 4.69) is 5.92 Å². The second-order valence-corrected chi connectivity index (χ2v) is 4.09. The van der Waals surface area contributed by atoms with Gasteiger partial charge in [-0.2, -0.15) is 0 Å². The Labute approximate surface area is 69.6 Å². The number of hydrogen-bond donors (Lipinski definition) is 0. The molecule has 1 nitrogen and oxygen atoms in total. The summed E-state index contributed by atoms with van der Waals surface area (Å²) in [7, 11) is -0.880. The predicted octanol–water partition coefficient (Wildman–Crippen LogP) is 1.95. The molecule has 1 aliphatic rings. The predicted molar refractivity (Wildman–Crippen MR) is 48.0 cm³/mol. The number of hydrogen-bond acceptors (Lipinski definition) is 1. The minimum atomic E-state index is -0.880. The molecule has 1 rings (SSSR count). The van der Waals surface area contributed by atoms with E-state index in [0.717, 1.165) is 16.2 Å². The van der Waals surface area contributed by atoms with E-state index in [1.54, 1.807) is 0 Å². The number of terminal acetylenes is 1.